The van der Waals surface area contributed by atoms with E-state index in [1.54, 1.807) is 0 Å². The molecule has 1 aliphatic carbocycles. The van der Waals surface area contributed by atoms with Crippen molar-refractivity contribution < 1.29 is 9.53 Å². The number of rotatable bonds is 3. The number of nitrogens with one attached hydrogen (secondary N) is 1. The molecule has 2 aliphatic rings. The minimum atomic E-state index is -0.0328. The van der Waals surface area contributed by atoms with Gasteiger partial charge < -0.3 is 10.1 Å². The molecule has 2 rings (SSSR count). The van der Waals surface area contributed by atoms with Crippen LogP contribution in [0.4, 0.5) is 0 Å². The molecule has 0 spiro atoms. The van der Waals surface area contributed by atoms with E-state index in [0.717, 1.165) is 19.4 Å². The van der Waals surface area contributed by atoms with Gasteiger partial charge in [-0.1, -0.05) is 32.1 Å². The third kappa shape index (κ3) is 4.30. The molecule has 1 atom stereocenters. The lowest BCUT2D eigenvalue weighted by Gasteiger charge is -2.23. The van der Waals surface area contributed by atoms with E-state index in [-0.39, 0.29) is 12.0 Å². The first-order chi connectivity index (χ1) is 8.36. The zero-order chi connectivity index (χ0) is 11.9. The first-order valence-corrected chi connectivity index (χ1v) is 7.26. The van der Waals surface area contributed by atoms with Gasteiger partial charge in [-0.3, -0.25) is 4.79 Å². The maximum atomic E-state index is 11.8. The highest BCUT2D eigenvalue weighted by molar-refractivity contribution is 5.75. The lowest BCUT2D eigenvalue weighted by atomic mass is 10.0. The summed E-state index contributed by atoms with van der Waals surface area (Å²) in [5.41, 5.74) is 0. The molecule has 0 aromatic rings. The molecule has 0 radical (unpaired) electrons. The van der Waals surface area contributed by atoms with Crippen molar-refractivity contribution in [2.24, 2.45) is 5.92 Å². The number of carbonyl (C=O) groups excluding carboxylic acids is 1. The number of hydrogen-bond acceptors (Lipinski definition) is 3. The van der Waals surface area contributed by atoms with Crippen molar-refractivity contribution in [1.82, 2.24) is 5.32 Å². The molecule has 0 aromatic heterocycles. The monoisotopic (exact) mass is 239 g/mol. The Balaban J connectivity index is 1.67. The quantitative estimate of drug-likeness (QED) is 0.608. The zero-order valence-electron chi connectivity index (χ0n) is 10.7. The Morgan fingerprint density at radius 2 is 1.71 bits per heavy atom. The molecule has 2 fully saturated rings. The van der Waals surface area contributed by atoms with Crippen LogP contribution in [0.5, 0.6) is 0 Å². The van der Waals surface area contributed by atoms with Crippen LogP contribution in [0.3, 0.4) is 0 Å². The first kappa shape index (κ1) is 12.9. The minimum absolute atomic E-state index is 0.0195. The van der Waals surface area contributed by atoms with Gasteiger partial charge in [0.25, 0.3) is 0 Å². The van der Waals surface area contributed by atoms with Gasteiger partial charge in [-0.05, 0) is 38.1 Å². The summed E-state index contributed by atoms with van der Waals surface area (Å²) >= 11 is 0. The average molecular weight is 239 g/mol. The van der Waals surface area contributed by atoms with Crippen molar-refractivity contribution in [2.45, 2.75) is 63.8 Å². The molecule has 1 aliphatic heterocycles. The number of piperidine rings is 1. The maximum Gasteiger partial charge on any atom is 0.323 e. The van der Waals surface area contributed by atoms with Crippen LogP contribution < -0.4 is 5.32 Å². The second-order valence-electron chi connectivity index (χ2n) is 5.49. The molecule has 1 saturated carbocycles. The molecule has 1 saturated heterocycles. The van der Waals surface area contributed by atoms with Gasteiger partial charge in [0, 0.05) is 0 Å². The highest BCUT2D eigenvalue weighted by Crippen LogP contribution is 2.23. The van der Waals surface area contributed by atoms with Crippen molar-refractivity contribution in [1.29, 1.82) is 0 Å². The predicted molar refractivity (Wildman–Crippen MR) is 67.8 cm³/mol. The summed E-state index contributed by atoms with van der Waals surface area (Å²) in [6.45, 7) is 1.61. The molecule has 1 N–H and O–H groups in total. The number of carbonyl (C=O) groups is 1. The molecule has 1 heterocycles. The molecule has 0 bridgehead atoms. The summed E-state index contributed by atoms with van der Waals surface area (Å²) in [6.07, 6.45) is 11.1. The van der Waals surface area contributed by atoms with Gasteiger partial charge in [-0.15, -0.1) is 0 Å². The van der Waals surface area contributed by atoms with Gasteiger partial charge in [0.2, 0.25) is 0 Å². The molecule has 0 amide bonds. The molecule has 0 aromatic carbocycles. The molecule has 1 unspecified atom stereocenters. The third-order valence-electron chi connectivity index (χ3n) is 4.03. The van der Waals surface area contributed by atoms with Crippen molar-refractivity contribution in [3.63, 3.8) is 0 Å². The minimum Gasteiger partial charge on any atom is -0.464 e. The van der Waals surface area contributed by atoms with E-state index in [2.05, 4.69) is 5.32 Å². The Bertz CT molecular complexity index is 228. The van der Waals surface area contributed by atoms with Crippen LogP contribution in [-0.2, 0) is 9.53 Å². The fourth-order valence-electron chi connectivity index (χ4n) is 2.88. The largest absolute Gasteiger partial charge is 0.464 e. The Kier molecular flexibility index (Phi) is 5.30. The van der Waals surface area contributed by atoms with Crippen molar-refractivity contribution in [3.8, 4) is 0 Å². The molecular formula is C14H25NO2. The van der Waals surface area contributed by atoms with Crippen LogP contribution in [0.1, 0.15) is 57.8 Å². The predicted octanol–water partition coefficient (Wildman–Crippen LogP) is 2.64. The summed E-state index contributed by atoms with van der Waals surface area (Å²) in [7, 11) is 0. The second kappa shape index (κ2) is 7.00. The SMILES string of the molecule is O=C(OCC1CCCCCC1)C1CCCCN1. The van der Waals surface area contributed by atoms with Crippen LogP contribution in [0.25, 0.3) is 0 Å². The van der Waals surface area contributed by atoms with E-state index in [9.17, 15) is 4.79 Å². The van der Waals surface area contributed by atoms with Crippen molar-refractivity contribution in [2.75, 3.05) is 13.2 Å². The average Bonchev–Trinajstić information content (AvgIpc) is 2.65. The lowest BCUT2D eigenvalue weighted by Crippen LogP contribution is -2.41. The Morgan fingerprint density at radius 3 is 2.35 bits per heavy atom. The summed E-state index contributed by atoms with van der Waals surface area (Å²) in [5.74, 6) is 0.596. The second-order valence-corrected chi connectivity index (χ2v) is 5.49. The summed E-state index contributed by atoms with van der Waals surface area (Å²) < 4.78 is 5.48. The van der Waals surface area contributed by atoms with E-state index in [1.807, 2.05) is 0 Å². The van der Waals surface area contributed by atoms with E-state index < -0.39 is 0 Å². The molecule has 3 nitrogen and oxygen atoms in total. The Morgan fingerprint density at radius 1 is 1.00 bits per heavy atom. The van der Waals surface area contributed by atoms with Gasteiger partial charge in [0.1, 0.15) is 6.04 Å². The fraction of sp³-hybridized carbons (Fsp3) is 0.929. The fourth-order valence-corrected chi connectivity index (χ4v) is 2.88. The van der Waals surface area contributed by atoms with Crippen LogP contribution >= 0.6 is 0 Å². The van der Waals surface area contributed by atoms with Crippen molar-refractivity contribution in [3.05, 3.63) is 0 Å². The van der Waals surface area contributed by atoms with Crippen LogP contribution in [0.15, 0.2) is 0 Å². The summed E-state index contributed by atoms with van der Waals surface area (Å²) in [4.78, 5) is 11.8. The van der Waals surface area contributed by atoms with Crippen LogP contribution in [0.2, 0.25) is 0 Å². The number of esters is 1. The van der Waals surface area contributed by atoms with Gasteiger partial charge in [-0.25, -0.2) is 0 Å². The normalized spacial score (nSPS) is 27.4. The van der Waals surface area contributed by atoms with E-state index in [4.69, 9.17) is 4.74 Å². The first-order valence-electron chi connectivity index (χ1n) is 7.26. The highest BCUT2D eigenvalue weighted by atomic mass is 16.5. The van der Waals surface area contributed by atoms with Gasteiger partial charge in [0.15, 0.2) is 0 Å². The Hall–Kier alpha value is -0.570. The van der Waals surface area contributed by atoms with Gasteiger partial charge in [-0.2, -0.15) is 0 Å². The molecule has 98 valence electrons. The van der Waals surface area contributed by atoms with E-state index in [1.165, 1.54) is 44.9 Å². The van der Waals surface area contributed by atoms with Gasteiger partial charge >= 0.3 is 5.97 Å². The molecular weight excluding hydrogens is 214 g/mol. The number of ether oxygens (including phenoxy) is 1. The summed E-state index contributed by atoms with van der Waals surface area (Å²) in [5, 5.41) is 3.24. The zero-order valence-corrected chi connectivity index (χ0v) is 10.7. The third-order valence-corrected chi connectivity index (χ3v) is 4.03. The van der Waals surface area contributed by atoms with E-state index >= 15 is 0 Å². The lowest BCUT2D eigenvalue weighted by molar-refractivity contribution is -0.148. The maximum absolute atomic E-state index is 11.8. The number of hydrogen-bond donors (Lipinski definition) is 1. The molecule has 17 heavy (non-hydrogen) atoms. The van der Waals surface area contributed by atoms with Gasteiger partial charge in [0.05, 0.1) is 6.61 Å². The standard InChI is InChI=1S/C14H25NO2/c16-14(13-9-5-6-10-15-13)17-11-12-7-3-1-2-4-8-12/h12-13,15H,1-11H2. The Labute approximate surface area is 104 Å². The summed E-state index contributed by atoms with van der Waals surface area (Å²) in [6, 6.07) is -0.0328. The van der Waals surface area contributed by atoms with Crippen LogP contribution in [-0.4, -0.2) is 25.2 Å². The highest BCUT2D eigenvalue weighted by Gasteiger charge is 2.23. The van der Waals surface area contributed by atoms with E-state index in [0.29, 0.717) is 12.5 Å². The van der Waals surface area contributed by atoms with Crippen LogP contribution in [0, 0.1) is 5.92 Å². The smallest absolute Gasteiger partial charge is 0.323 e. The molecule has 3 heteroatoms. The van der Waals surface area contributed by atoms with Crippen molar-refractivity contribution >= 4 is 5.97 Å². The topological polar surface area (TPSA) is 38.3 Å².